The predicted molar refractivity (Wildman–Crippen MR) is 78.4 cm³/mol. The summed E-state index contributed by atoms with van der Waals surface area (Å²) in [6.07, 6.45) is 2.50. The van der Waals surface area contributed by atoms with Gasteiger partial charge in [0.1, 0.15) is 10.6 Å². The van der Waals surface area contributed by atoms with Crippen molar-refractivity contribution in [1.82, 2.24) is 4.90 Å². The molecule has 0 aromatic heterocycles. The van der Waals surface area contributed by atoms with Gasteiger partial charge in [-0.2, -0.15) is 0 Å². The fourth-order valence-electron chi connectivity index (χ4n) is 2.15. The summed E-state index contributed by atoms with van der Waals surface area (Å²) in [6, 6.07) is 4.59. The van der Waals surface area contributed by atoms with Gasteiger partial charge in [0.05, 0.1) is 13.5 Å². The molecule has 0 unspecified atom stereocenters. The molecular formula is C14H20N2O4S. The van der Waals surface area contributed by atoms with Gasteiger partial charge in [-0.3, -0.25) is 4.79 Å². The molecule has 0 bridgehead atoms. The fourth-order valence-corrected chi connectivity index (χ4v) is 2.90. The second kappa shape index (κ2) is 6.03. The Hall–Kier alpha value is -1.60. The summed E-state index contributed by atoms with van der Waals surface area (Å²) < 4.78 is 28.1. The van der Waals surface area contributed by atoms with Crippen LogP contribution in [0.3, 0.4) is 0 Å². The van der Waals surface area contributed by atoms with Crippen molar-refractivity contribution >= 4 is 15.9 Å². The van der Waals surface area contributed by atoms with Gasteiger partial charge in [-0.15, -0.1) is 0 Å². The number of hydrogen-bond acceptors (Lipinski definition) is 4. The van der Waals surface area contributed by atoms with E-state index in [0.717, 1.165) is 6.54 Å². The molecule has 1 saturated carbocycles. The maximum Gasteiger partial charge on any atom is 0.241 e. The summed E-state index contributed by atoms with van der Waals surface area (Å²) in [5, 5.41) is 5.16. The van der Waals surface area contributed by atoms with Crippen LogP contribution in [0.2, 0.25) is 0 Å². The lowest BCUT2D eigenvalue weighted by molar-refractivity contribution is -0.129. The van der Waals surface area contributed by atoms with Crippen LogP contribution in [0.25, 0.3) is 0 Å². The molecule has 2 rings (SSSR count). The summed E-state index contributed by atoms with van der Waals surface area (Å²) in [6.45, 7) is 0.761. The Balaban J connectivity index is 2.14. The third-order valence-corrected chi connectivity index (χ3v) is 4.48. The number of sulfonamides is 1. The highest BCUT2D eigenvalue weighted by Crippen LogP contribution is 2.29. The largest absolute Gasteiger partial charge is 0.495 e. The van der Waals surface area contributed by atoms with E-state index in [4.69, 9.17) is 9.88 Å². The first-order chi connectivity index (χ1) is 9.81. The third-order valence-electron chi connectivity index (χ3n) is 3.54. The first-order valence-corrected chi connectivity index (χ1v) is 8.29. The number of nitrogens with two attached hydrogens (primary N) is 1. The highest BCUT2D eigenvalue weighted by molar-refractivity contribution is 7.89. The maximum absolute atomic E-state index is 12.1. The normalized spacial score (nSPS) is 14.8. The summed E-state index contributed by atoms with van der Waals surface area (Å²) in [4.78, 5) is 13.7. The number of benzene rings is 1. The predicted octanol–water partition coefficient (Wildman–Crippen LogP) is 0.754. The van der Waals surface area contributed by atoms with Crippen molar-refractivity contribution in [2.75, 3.05) is 20.7 Å². The van der Waals surface area contributed by atoms with E-state index in [9.17, 15) is 13.2 Å². The molecule has 2 N–H and O–H groups in total. The van der Waals surface area contributed by atoms with Crippen LogP contribution in [0.1, 0.15) is 18.4 Å². The van der Waals surface area contributed by atoms with E-state index in [2.05, 4.69) is 0 Å². The van der Waals surface area contributed by atoms with Gasteiger partial charge < -0.3 is 9.64 Å². The lowest BCUT2D eigenvalue weighted by atomic mass is 10.1. The van der Waals surface area contributed by atoms with Gasteiger partial charge in [0.15, 0.2) is 0 Å². The van der Waals surface area contributed by atoms with Crippen LogP contribution >= 0.6 is 0 Å². The van der Waals surface area contributed by atoms with Crippen molar-refractivity contribution < 1.29 is 17.9 Å². The van der Waals surface area contributed by atoms with Crippen LogP contribution in [0.15, 0.2) is 23.1 Å². The molecule has 1 aromatic rings. The van der Waals surface area contributed by atoms with Crippen LogP contribution in [0, 0.1) is 5.92 Å². The summed E-state index contributed by atoms with van der Waals surface area (Å²) in [7, 11) is -0.741. The number of carbonyl (C=O) groups is 1. The number of rotatable bonds is 6. The number of nitrogens with zero attached hydrogens (tertiary/aromatic N) is 1. The zero-order chi connectivity index (χ0) is 15.6. The molecule has 0 saturated heterocycles. The molecule has 1 aliphatic rings. The van der Waals surface area contributed by atoms with E-state index in [0.29, 0.717) is 11.5 Å². The van der Waals surface area contributed by atoms with Gasteiger partial charge in [0.25, 0.3) is 0 Å². The Morgan fingerprint density at radius 3 is 2.62 bits per heavy atom. The zero-order valence-corrected chi connectivity index (χ0v) is 13.0. The minimum Gasteiger partial charge on any atom is -0.495 e. The standard InChI is InChI=1S/C14H20N2O4S/c1-16(9-10-3-4-10)14(17)8-11-5-6-12(20-2)13(7-11)21(15,18)19/h5-7,10H,3-4,8-9H2,1-2H3,(H2,15,18,19). The van der Waals surface area contributed by atoms with E-state index in [1.165, 1.54) is 32.1 Å². The molecule has 0 atom stereocenters. The first-order valence-electron chi connectivity index (χ1n) is 6.75. The molecule has 1 aromatic carbocycles. The number of hydrogen-bond donors (Lipinski definition) is 1. The van der Waals surface area contributed by atoms with E-state index in [-0.39, 0.29) is 23.0 Å². The molecule has 1 fully saturated rings. The van der Waals surface area contributed by atoms with Crippen molar-refractivity contribution in [3.05, 3.63) is 23.8 Å². The van der Waals surface area contributed by atoms with Gasteiger partial charge in [0.2, 0.25) is 15.9 Å². The van der Waals surface area contributed by atoms with Gasteiger partial charge in [-0.25, -0.2) is 13.6 Å². The Kier molecular flexibility index (Phi) is 4.53. The van der Waals surface area contributed by atoms with Crippen molar-refractivity contribution in [1.29, 1.82) is 0 Å². The fraction of sp³-hybridized carbons (Fsp3) is 0.500. The molecule has 0 spiro atoms. The van der Waals surface area contributed by atoms with Gasteiger partial charge in [-0.1, -0.05) is 6.07 Å². The molecule has 0 heterocycles. The van der Waals surface area contributed by atoms with Gasteiger partial charge >= 0.3 is 0 Å². The Bertz CT molecular complexity index is 638. The maximum atomic E-state index is 12.1. The first kappa shape index (κ1) is 15.8. The smallest absolute Gasteiger partial charge is 0.241 e. The average Bonchev–Trinajstić information content (AvgIpc) is 3.21. The lowest BCUT2D eigenvalue weighted by Gasteiger charge is -2.17. The molecule has 1 aliphatic carbocycles. The monoisotopic (exact) mass is 312 g/mol. The molecule has 0 radical (unpaired) electrons. The second-order valence-corrected chi connectivity index (χ2v) is 6.95. The SMILES string of the molecule is COc1ccc(CC(=O)N(C)CC2CC2)cc1S(N)(=O)=O. The van der Waals surface area contributed by atoms with E-state index in [1.54, 1.807) is 18.0 Å². The van der Waals surface area contributed by atoms with E-state index < -0.39 is 10.0 Å². The Morgan fingerprint density at radius 1 is 1.43 bits per heavy atom. The number of methoxy groups -OCH3 is 1. The number of likely N-dealkylation sites (N-methyl/N-ethyl adjacent to an activating group) is 1. The third kappa shape index (κ3) is 4.18. The van der Waals surface area contributed by atoms with Crippen molar-refractivity contribution in [3.63, 3.8) is 0 Å². The van der Waals surface area contributed by atoms with Crippen LogP contribution in [-0.2, 0) is 21.2 Å². The molecule has 7 heteroatoms. The molecule has 116 valence electrons. The number of carbonyl (C=O) groups excluding carboxylic acids is 1. The van der Waals surface area contributed by atoms with Crippen LogP contribution in [-0.4, -0.2) is 39.9 Å². The lowest BCUT2D eigenvalue weighted by Crippen LogP contribution is -2.30. The van der Waals surface area contributed by atoms with Crippen LogP contribution in [0.5, 0.6) is 5.75 Å². The summed E-state index contributed by atoms with van der Waals surface area (Å²) >= 11 is 0. The summed E-state index contributed by atoms with van der Waals surface area (Å²) in [5.41, 5.74) is 0.604. The Labute approximate surface area is 124 Å². The number of primary sulfonamides is 1. The number of ether oxygens (including phenoxy) is 1. The van der Waals surface area contributed by atoms with Crippen LogP contribution < -0.4 is 9.88 Å². The molecule has 0 aliphatic heterocycles. The average molecular weight is 312 g/mol. The Morgan fingerprint density at radius 2 is 2.10 bits per heavy atom. The van der Waals surface area contributed by atoms with Gasteiger partial charge in [-0.05, 0) is 36.5 Å². The van der Waals surface area contributed by atoms with Crippen LogP contribution in [0.4, 0.5) is 0 Å². The van der Waals surface area contributed by atoms with E-state index in [1.807, 2.05) is 0 Å². The van der Waals surface area contributed by atoms with Crippen molar-refractivity contribution in [2.24, 2.45) is 11.1 Å². The highest BCUT2D eigenvalue weighted by Gasteiger charge is 2.25. The van der Waals surface area contributed by atoms with Crippen molar-refractivity contribution in [3.8, 4) is 5.75 Å². The second-order valence-electron chi connectivity index (χ2n) is 5.42. The number of amides is 1. The zero-order valence-electron chi connectivity index (χ0n) is 12.2. The molecular weight excluding hydrogens is 292 g/mol. The minimum atomic E-state index is -3.88. The topological polar surface area (TPSA) is 89.7 Å². The van der Waals surface area contributed by atoms with Gasteiger partial charge in [0, 0.05) is 13.6 Å². The molecule has 1 amide bonds. The molecule has 6 nitrogen and oxygen atoms in total. The summed E-state index contributed by atoms with van der Waals surface area (Å²) in [5.74, 6) is 0.766. The molecule has 21 heavy (non-hydrogen) atoms. The minimum absolute atomic E-state index is 0.0348. The van der Waals surface area contributed by atoms with E-state index >= 15 is 0 Å². The highest BCUT2D eigenvalue weighted by atomic mass is 32.2. The quantitative estimate of drug-likeness (QED) is 0.839. The van der Waals surface area contributed by atoms with Crippen molar-refractivity contribution in [2.45, 2.75) is 24.2 Å².